The Kier molecular flexibility index (Phi) is 7.76. The first-order valence-electron chi connectivity index (χ1n) is 9.21. The lowest BCUT2D eigenvalue weighted by Gasteiger charge is -2.22. The largest absolute Gasteiger partial charge is 0.384 e. The van der Waals surface area contributed by atoms with E-state index in [2.05, 4.69) is 20.9 Å². The number of nitro groups is 1. The van der Waals surface area contributed by atoms with Crippen molar-refractivity contribution < 1.29 is 10.0 Å². The third-order valence-electron chi connectivity index (χ3n) is 4.11. The van der Waals surface area contributed by atoms with Crippen molar-refractivity contribution in [3.05, 3.63) is 70.3 Å². The van der Waals surface area contributed by atoms with Crippen LogP contribution in [-0.2, 0) is 5.60 Å². The Hall–Kier alpha value is -3.13. The predicted molar refractivity (Wildman–Crippen MR) is 112 cm³/mol. The van der Waals surface area contributed by atoms with Gasteiger partial charge in [-0.2, -0.15) is 0 Å². The number of benzene rings is 2. The molecule has 2 aromatic rings. The highest BCUT2D eigenvalue weighted by Gasteiger charge is 2.22. The molecule has 0 spiro atoms. The van der Waals surface area contributed by atoms with Crippen LogP contribution in [0.3, 0.4) is 0 Å². The summed E-state index contributed by atoms with van der Waals surface area (Å²) in [6.07, 6.45) is 0. The van der Waals surface area contributed by atoms with E-state index in [1.807, 2.05) is 37.3 Å². The fraction of sp³-hybridized carbons (Fsp3) is 0.350. The zero-order chi connectivity index (χ0) is 20.4. The highest BCUT2D eigenvalue weighted by Crippen LogP contribution is 2.20. The molecule has 2 rings (SSSR count). The van der Waals surface area contributed by atoms with Gasteiger partial charge in [0.05, 0.1) is 11.5 Å². The van der Waals surface area contributed by atoms with E-state index in [0.717, 1.165) is 11.3 Å². The van der Waals surface area contributed by atoms with Crippen LogP contribution in [0.4, 0.5) is 11.4 Å². The molecule has 2 aromatic carbocycles. The summed E-state index contributed by atoms with van der Waals surface area (Å²) in [5, 5.41) is 30.9. The summed E-state index contributed by atoms with van der Waals surface area (Å²) in [7, 11) is 0. The molecule has 0 heterocycles. The van der Waals surface area contributed by atoms with Crippen molar-refractivity contribution in [1.29, 1.82) is 0 Å². The minimum Gasteiger partial charge on any atom is -0.384 e. The number of rotatable bonds is 9. The first-order chi connectivity index (χ1) is 13.4. The van der Waals surface area contributed by atoms with Crippen molar-refractivity contribution in [1.82, 2.24) is 10.6 Å². The van der Waals surface area contributed by atoms with Gasteiger partial charge in [-0.15, -0.1) is 0 Å². The number of nitro benzene ring substituents is 1. The molecule has 8 heteroatoms. The molecule has 1 unspecified atom stereocenters. The molecule has 0 aromatic heterocycles. The number of aliphatic imine (C=N–C) groups is 1. The summed E-state index contributed by atoms with van der Waals surface area (Å²) >= 11 is 0. The van der Waals surface area contributed by atoms with E-state index in [-0.39, 0.29) is 12.2 Å². The summed E-state index contributed by atoms with van der Waals surface area (Å²) in [4.78, 5) is 14.7. The van der Waals surface area contributed by atoms with Gasteiger partial charge in [-0.1, -0.05) is 30.3 Å². The molecule has 0 aliphatic heterocycles. The maximum atomic E-state index is 10.7. The molecular formula is C20H27N5O3. The average Bonchev–Trinajstić information content (AvgIpc) is 2.70. The van der Waals surface area contributed by atoms with Crippen molar-refractivity contribution in [2.45, 2.75) is 19.4 Å². The second-order valence-corrected chi connectivity index (χ2v) is 6.49. The van der Waals surface area contributed by atoms with Crippen molar-refractivity contribution in [2.75, 3.05) is 31.5 Å². The number of non-ortho nitro benzene ring substituents is 1. The maximum Gasteiger partial charge on any atom is 0.269 e. The zero-order valence-corrected chi connectivity index (χ0v) is 16.2. The monoisotopic (exact) mass is 385 g/mol. The molecule has 4 N–H and O–H groups in total. The Bertz CT molecular complexity index is 776. The van der Waals surface area contributed by atoms with Crippen LogP contribution in [0.15, 0.2) is 59.6 Å². The van der Waals surface area contributed by atoms with Crippen LogP contribution in [-0.4, -0.2) is 42.2 Å². The maximum absolute atomic E-state index is 10.7. The van der Waals surface area contributed by atoms with Gasteiger partial charge >= 0.3 is 0 Å². The van der Waals surface area contributed by atoms with Gasteiger partial charge in [-0.05, 0) is 31.5 Å². The van der Waals surface area contributed by atoms with Crippen LogP contribution in [0, 0.1) is 10.1 Å². The van der Waals surface area contributed by atoms with Crippen molar-refractivity contribution in [3.8, 4) is 0 Å². The molecular weight excluding hydrogens is 358 g/mol. The van der Waals surface area contributed by atoms with Gasteiger partial charge in [0.15, 0.2) is 5.96 Å². The summed E-state index contributed by atoms with van der Waals surface area (Å²) in [6.45, 7) is 5.85. The molecule has 28 heavy (non-hydrogen) atoms. The Labute approximate surface area is 164 Å². The van der Waals surface area contributed by atoms with E-state index in [4.69, 9.17) is 0 Å². The second-order valence-electron chi connectivity index (χ2n) is 6.49. The number of hydrogen-bond acceptors (Lipinski definition) is 5. The standard InChI is InChI=1S/C20H27N5O3/c1-3-21-19(24-15-20(2,26)16-7-5-4-6-8-16)23-14-13-22-17-9-11-18(12-10-17)25(27)28/h4-12,22,26H,3,13-15H2,1-2H3,(H2,21,23,24). The molecule has 8 nitrogen and oxygen atoms in total. The van der Waals surface area contributed by atoms with E-state index in [0.29, 0.717) is 25.6 Å². The van der Waals surface area contributed by atoms with E-state index in [9.17, 15) is 15.2 Å². The Morgan fingerprint density at radius 2 is 1.79 bits per heavy atom. The molecule has 0 fully saturated rings. The summed E-state index contributed by atoms with van der Waals surface area (Å²) in [5.41, 5.74) is 0.632. The molecule has 150 valence electrons. The SMILES string of the molecule is CCNC(=NCC(C)(O)c1ccccc1)NCCNc1ccc([N+](=O)[O-])cc1. The van der Waals surface area contributed by atoms with Crippen LogP contribution >= 0.6 is 0 Å². The van der Waals surface area contributed by atoms with Gasteiger partial charge in [-0.25, -0.2) is 4.99 Å². The van der Waals surface area contributed by atoms with E-state index in [1.165, 1.54) is 12.1 Å². The zero-order valence-electron chi connectivity index (χ0n) is 16.2. The van der Waals surface area contributed by atoms with Crippen molar-refractivity contribution in [3.63, 3.8) is 0 Å². The number of anilines is 1. The normalized spacial score (nSPS) is 13.5. The van der Waals surface area contributed by atoms with Gasteiger partial charge in [0.2, 0.25) is 0 Å². The Morgan fingerprint density at radius 3 is 2.39 bits per heavy atom. The first-order valence-corrected chi connectivity index (χ1v) is 9.21. The van der Waals surface area contributed by atoms with E-state index in [1.54, 1.807) is 19.1 Å². The summed E-state index contributed by atoms with van der Waals surface area (Å²) < 4.78 is 0. The highest BCUT2D eigenvalue weighted by atomic mass is 16.6. The molecule has 0 bridgehead atoms. The smallest absolute Gasteiger partial charge is 0.269 e. The van der Waals surface area contributed by atoms with E-state index < -0.39 is 10.5 Å². The topological polar surface area (TPSA) is 112 Å². The second kappa shape index (κ2) is 10.3. The number of guanidine groups is 1. The number of nitrogens with one attached hydrogen (secondary N) is 3. The van der Waals surface area contributed by atoms with Gasteiger partial charge in [0, 0.05) is 37.5 Å². The van der Waals surface area contributed by atoms with Gasteiger partial charge in [0.25, 0.3) is 5.69 Å². The van der Waals surface area contributed by atoms with Crippen LogP contribution < -0.4 is 16.0 Å². The van der Waals surface area contributed by atoms with Gasteiger partial charge in [-0.3, -0.25) is 10.1 Å². The average molecular weight is 385 g/mol. The van der Waals surface area contributed by atoms with Crippen molar-refractivity contribution in [2.24, 2.45) is 4.99 Å². The molecule has 0 amide bonds. The predicted octanol–water partition coefficient (Wildman–Crippen LogP) is 2.47. The number of aliphatic hydroxyl groups is 1. The van der Waals surface area contributed by atoms with Gasteiger partial charge in [0.1, 0.15) is 5.60 Å². The lowest BCUT2D eigenvalue weighted by molar-refractivity contribution is -0.384. The van der Waals surface area contributed by atoms with Gasteiger partial charge < -0.3 is 21.1 Å². The minimum absolute atomic E-state index is 0.0655. The molecule has 0 aliphatic rings. The fourth-order valence-electron chi connectivity index (χ4n) is 2.55. The quantitative estimate of drug-likeness (QED) is 0.173. The Balaban J connectivity index is 1.85. The van der Waals surface area contributed by atoms with Crippen LogP contribution in [0.5, 0.6) is 0 Å². The number of nitrogens with zero attached hydrogens (tertiary/aromatic N) is 2. The first kappa shape index (κ1) is 21.2. The van der Waals surface area contributed by atoms with Crippen LogP contribution in [0.2, 0.25) is 0 Å². The molecule has 0 saturated carbocycles. The minimum atomic E-state index is -1.05. The lowest BCUT2D eigenvalue weighted by Crippen LogP contribution is -2.40. The van der Waals surface area contributed by atoms with Crippen LogP contribution in [0.1, 0.15) is 19.4 Å². The van der Waals surface area contributed by atoms with E-state index >= 15 is 0 Å². The lowest BCUT2D eigenvalue weighted by atomic mass is 9.96. The third kappa shape index (κ3) is 6.55. The highest BCUT2D eigenvalue weighted by molar-refractivity contribution is 5.79. The van der Waals surface area contributed by atoms with Crippen LogP contribution in [0.25, 0.3) is 0 Å². The number of hydrogen-bond donors (Lipinski definition) is 4. The molecule has 0 aliphatic carbocycles. The van der Waals surface area contributed by atoms with Crippen molar-refractivity contribution >= 4 is 17.3 Å². The Morgan fingerprint density at radius 1 is 1.11 bits per heavy atom. The fourth-order valence-corrected chi connectivity index (χ4v) is 2.55. The molecule has 0 radical (unpaired) electrons. The molecule has 1 atom stereocenters. The summed E-state index contributed by atoms with van der Waals surface area (Å²) in [6, 6.07) is 15.7. The summed E-state index contributed by atoms with van der Waals surface area (Å²) in [5.74, 6) is 0.615. The third-order valence-corrected chi connectivity index (χ3v) is 4.11. The molecule has 0 saturated heterocycles.